The number of nitrogens with one attached hydrogen (secondary N) is 1. The molecule has 0 saturated carbocycles. The zero-order chi connectivity index (χ0) is 21.4. The number of aromatic nitrogens is 5. The second kappa shape index (κ2) is 7.75. The summed E-state index contributed by atoms with van der Waals surface area (Å²) in [7, 11) is 0. The molecule has 9 nitrogen and oxygen atoms in total. The molecule has 0 aliphatic rings. The van der Waals surface area contributed by atoms with Crippen molar-refractivity contribution in [2.75, 3.05) is 13.2 Å². The summed E-state index contributed by atoms with van der Waals surface area (Å²) in [4.78, 5) is 24.3. The normalized spacial score (nSPS) is 11.5. The van der Waals surface area contributed by atoms with Gasteiger partial charge in [-0.25, -0.2) is 14.8 Å². The van der Waals surface area contributed by atoms with Crippen LogP contribution in [0.25, 0.3) is 33.5 Å². The van der Waals surface area contributed by atoms with Crippen LogP contribution in [0.4, 0.5) is 0 Å². The van der Waals surface area contributed by atoms with Crippen LogP contribution in [0.2, 0.25) is 0 Å². The molecule has 156 valence electrons. The summed E-state index contributed by atoms with van der Waals surface area (Å²) in [5.74, 6) is -0.0854. The van der Waals surface area contributed by atoms with Gasteiger partial charge >= 0.3 is 5.97 Å². The van der Waals surface area contributed by atoms with Crippen molar-refractivity contribution in [2.45, 2.75) is 33.7 Å². The van der Waals surface area contributed by atoms with Crippen molar-refractivity contribution in [1.82, 2.24) is 24.7 Å². The molecule has 0 fully saturated rings. The van der Waals surface area contributed by atoms with Gasteiger partial charge in [-0.05, 0) is 39.0 Å². The lowest BCUT2D eigenvalue weighted by atomic mass is 10.1. The van der Waals surface area contributed by atoms with Crippen molar-refractivity contribution in [3.8, 4) is 17.3 Å². The minimum Gasteiger partial charge on any atom is -0.491 e. The van der Waals surface area contributed by atoms with Gasteiger partial charge in [-0.3, -0.25) is 4.68 Å². The Hall–Kier alpha value is -3.46. The summed E-state index contributed by atoms with van der Waals surface area (Å²) < 4.78 is 7.61. The first-order chi connectivity index (χ1) is 14.4. The van der Waals surface area contributed by atoms with Gasteiger partial charge in [-0.15, -0.1) is 0 Å². The first-order valence-electron chi connectivity index (χ1n) is 9.78. The molecule has 3 aromatic heterocycles. The van der Waals surface area contributed by atoms with Crippen LogP contribution in [0, 0.1) is 13.8 Å². The van der Waals surface area contributed by atoms with Crippen LogP contribution in [0.5, 0.6) is 5.75 Å². The molecule has 30 heavy (non-hydrogen) atoms. The largest absolute Gasteiger partial charge is 0.491 e. The number of aliphatic hydroxyl groups is 1. The van der Waals surface area contributed by atoms with E-state index in [0.717, 1.165) is 22.5 Å². The second-order valence-electron chi connectivity index (χ2n) is 7.10. The molecule has 3 N–H and O–H groups in total. The van der Waals surface area contributed by atoms with Crippen molar-refractivity contribution < 1.29 is 19.7 Å². The molecule has 4 rings (SSSR count). The summed E-state index contributed by atoms with van der Waals surface area (Å²) in [5, 5.41) is 24.5. The highest BCUT2D eigenvalue weighted by Crippen LogP contribution is 2.35. The SMILES string of the molecule is CCn1nc(C)cc1-c1nc(C)c2c(n1)[nH]c1c(OCCCO)cc(C(=O)O)cc12. The number of nitrogens with zero attached hydrogens (tertiary/aromatic N) is 4. The summed E-state index contributed by atoms with van der Waals surface area (Å²) in [5.41, 5.74) is 3.81. The van der Waals surface area contributed by atoms with E-state index in [4.69, 9.17) is 14.8 Å². The van der Waals surface area contributed by atoms with Crippen molar-refractivity contribution in [2.24, 2.45) is 0 Å². The lowest BCUT2D eigenvalue weighted by Crippen LogP contribution is -2.03. The third-order valence-electron chi connectivity index (χ3n) is 4.94. The zero-order valence-corrected chi connectivity index (χ0v) is 17.1. The molecule has 0 aliphatic heterocycles. The molecule has 0 spiro atoms. The Kier molecular flexibility index (Phi) is 5.13. The lowest BCUT2D eigenvalue weighted by molar-refractivity contribution is 0.0696. The second-order valence-corrected chi connectivity index (χ2v) is 7.10. The number of rotatable bonds is 7. The Balaban J connectivity index is 1.94. The third-order valence-corrected chi connectivity index (χ3v) is 4.94. The predicted molar refractivity (Wildman–Crippen MR) is 112 cm³/mol. The minimum absolute atomic E-state index is 0.00701. The van der Waals surface area contributed by atoms with Crippen molar-refractivity contribution in [3.05, 3.63) is 35.2 Å². The zero-order valence-electron chi connectivity index (χ0n) is 17.1. The van der Waals surface area contributed by atoms with E-state index >= 15 is 0 Å². The number of aromatic carboxylic acids is 1. The highest BCUT2D eigenvalue weighted by atomic mass is 16.5. The summed E-state index contributed by atoms with van der Waals surface area (Å²) in [6.45, 7) is 6.77. The molecular formula is C21H23N5O4. The van der Waals surface area contributed by atoms with Gasteiger partial charge in [0.25, 0.3) is 0 Å². The molecule has 3 heterocycles. The van der Waals surface area contributed by atoms with Crippen LogP contribution in [0.15, 0.2) is 18.2 Å². The van der Waals surface area contributed by atoms with E-state index in [1.807, 2.05) is 31.5 Å². The maximum absolute atomic E-state index is 11.6. The number of aromatic amines is 1. The molecule has 0 unspecified atom stereocenters. The van der Waals surface area contributed by atoms with Crippen LogP contribution in [0.1, 0.15) is 35.1 Å². The fourth-order valence-electron chi connectivity index (χ4n) is 3.61. The van der Waals surface area contributed by atoms with Gasteiger partial charge in [0.2, 0.25) is 0 Å². The molecule has 0 bridgehead atoms. The van der Waals surface area contributed by atoms with E-state index in [1.54, 1.807) is 6.07 Å². The first kappa shape index (κ1) is 19.8. The Bertz CT molecular complexity index is 1260. The Morgan fingerprint density at radius 2 is 2.03 bits per heavy atom. The standard InChI is InChI=1S/C21H23N5O4/c1-4-26-15(8-11(2)25-26)19-22-12(3)17-14-9-13(21(28)29)10-16(30-7-5-6-27)18(14)23-20(17)24-19/h8-10,27H,4-7H2,1-3H3,(H,28,29)(H,22,23,24). The van der Waals surface area contributed by atoms with Crippen LogP contribution in [-0.2, 0) is 6.54 Å². The summed E-state index contributed by atoms with van der Waals surface area (Å²) in [6, 6.07) is 5.03. The summed E-state index contributed by atoms with van der Waals surface area (Å²) in [6.07, 6.45) is 0.447. The van der Waals surface area contributed by atoms with Crippen LogP contribution >= 0.6 is 0 Å². The molecular weight excluding hydrogens is 386 g/mol. The number of carbonyl (C=O) groups is 1. The number of hydrogen-bond donors (Lipinski definition) is 3. The minimum atomic E-state index is -1.05. The van der Waals surface area contributed by atoms with Gasteiger partial charge in [0.15, 0.2) is 5.82 Å². The Morgan fingerprint density at radius 1 is 1.23 bits per heavy atom. The fourth-order valence-corrected chi connectivity index (χ4v) is 3.61. The number of aliphatic hydroxyl groups excluding tert-OH is 1. The Labute approximate surface area is 172 Å². The number of ether oxygens (including phenoxy) is 1. The van der Waals surface area contributed by atoms with Gasteiger partial charge in [0, 0.05) is 30.3 Å². The van der Waals surface area contributed by atoms with Crippen LogP contribution < -0.4 is 4.74 Å². The van der Waals surface area contributed by atoms with Crippen LogP contribution in [-0.4, -0.2) is 54.1 Å². The van der Waals surface area contributed by atoms with E-state index in [9.17, 15) is 9.90 Å². The maximum Gasteiger partial charge on any atom is 0.335 e. The molecule has 0 amide bonds. The molecule has 0 radical (unpaired) electrons. The average Bonchev–Trinajstić information content (AvgIpc) is 3.28. The first-order valence-corrected chi connectivity index (χ1v) is 9.78. The van der Waals surface area contributed by atoms with Crippen LogP contribution in [0.3, 0.4) is 0 Å². The number of fused-ring (bicyclic) bond motifs is 3. The number of aryl methyl sites for hydroxylation is 3. The molecule has 0 saturated heterocycles. The number of carboxylic acids is 1. The van der Waals surface area contributed by atoms with Gasteiger partial charge in [0.1, 0.15) is 17.1 Å². The monoisotopic (exact) mass is 409 g/mol. The lowest BCUT2D eigenvalue weighted by Gasteiger charge is -2.08. The van der Waals surface area contributed by atoms with Gasteiger partial charge in [-0.2, -0.15) is 5.10 Å². The number of H-pyrrole nitrogens is 1. The summed E-state index contributed by atoms with van der Waals surface area (Å²) >= 11 is 0. The number of benzene rings is 1. The number of hydrogen-bond acceptors (Lipinski definition) is 6. The Morgan fingerprint density at radius 3 is 2.73 bits per heavy atom. The molecule has 4 aromatic rings. The van der Waals surface area contributed by atoms with E-state index in [0.29, 0.717) is 41.1 Å². The molecule has 1 aromatic carbocycles. The number of carboxylic acid groups (broad SMARTS) is 1. The van der Waals surface area contributed by atoms with Gasteiger partial charge < -0.3 is 19.9 Å². The fraction of sp³-hybridized carbons (Fsp3) is 0.333. The molecule has 0 aliphatic carbocycles. The maximum atomic E-state index is 11.6. The van der Waals surface area contributed by atoms with Crippen molar-refractivity contribution in [3.63, 3.8) is 0 Å². The van der Waals surface area contributed by atoms with E-state index < -0.39 is 5.97 Å². The molecule has 0 atom stereocenters. The van der Waals surface area contributed by atoms with E-state index in [1.165, 1.54) is 6.07 Å². The highest BCUT2D eigenvalue weighted by molar-refractivity contribution is 6.11. The van der Waals surface area contributed by atoms with E-state index in [2.05, 4.69) is 15.1 Å². The molecule has 9 heteroatoms. The highest BCUT2D eigenvalue weighted by Gasteiger charge is 2.19. The third kappa shape index (κ3) is 3.37. The van der Waals surface area contributed by atoms with Gasteiger partial charge in [0.05, 0.1) is 29.1 Å². The smallest absolute Gasteiger partial charge is 0.335 e. The average molecular weight is 409 g/mol. The predicted octanol–water partition coefficient (Wildman–Crippen LogP) is 3.07. The van der Waals surface area contributed by atoms with Crippen molar-refractivity contribution >= 4 is 27.9 Å². The topological polar surface area (TPSA) is 126 Å². The van der Waals surface area contributed by atoms with Crippen molar-refractivity contribution in [1.29, 1.82) is 0 Å². The quantitative estimate of drug-likeness (QED) is 0.400. The van der Waals surface area contributed by atoms with E-state index in [-0.39, 0.29) is 18.8 Å². The van der Waals surface area contributed by atoms with Gasteiger partial charge in [-0.1, -0.05) is 0 Å².